The van der Waals surface area contributed by atoms with E-state index in [9.17, 15) is 4.39 Å². The summed E-state index contributed by atoms with van der Waals surface area (Å²) in [4.78, 5) is 4.19. The van der Waals surface area contributed by atoms with Crippen LogP contribution in [0.2, 0.25) is 0 Å². The SMILES string of the molecule is CN=C(NCCCn1nc(C)cc1C)NCc1ccc(C)c(F)c1. The van der Waals surface area contributed by atoms with Gasteiger partial charge in [-0.3, -0.25) is 9.67 Å². The van der Waals surface area contributed by atoms with Gasteiger partial charge in [-0.2, -0.15) is 5.10 Å². The van der Waals surface area contributed by atoms with E-state index in [1.165, 1.54) is 5.69 Å². The average molecular weight is 331 g/mol. The van der Waals surface area contributed by atoms with Gasteiger partial charge in [-0.15, -0.1) is 0 Å². The molecule has 0 aliphatic heterocycles. The highest BCUT2D eigenvalue weighted by Gasteiger charge is 2.03. The molecule has 6 heteroatoms. The van der Waals surface area contributed by atoms with Crippen LogP contribution < -0.4 is 10.6 Å². The first-order valence-electron chi connectivity index (χ1n) is 8.20. The van der Waals surface area contributed by atoms with Crippen molar-refractivity contribution in [1.82, 2.24) is 20.4 Å². The first-order valence-corrected chi connectivity index (χ1v) is 8.20. The monoisotopic (exact) mass is 331 g/mol. The molecule has 0 saturated heterocycles. The Balaban J connectivity index is 1.74. The summed E-state index contributed by atoms with van der Waals surface area (Å²) < 4.78 is 15.6. The van der Waals surface area contributed by atoms with Gasteiger partial charge in [0, 0.05) is 32.4 Å². The zero-order valence-corrected chi connectivity index (χ0v) is 14.9. The minimum Gasteiger partial charge on any atom is -0.356 e. The molecule has 1 heterocycles. The van der Waals surface area contributed by atoms with Crippen molar-refractivity contribution in [2.75, 3.05) is 13.6 Å². The van der Waals surface area contributed by atoms with Gasteiger partial charge >= 0.3 is 0 Å². The standard InChI is InChI=1S/C18H26FN5/c1-13-6-7-16(11-17(13)19)12-22-18(20-4)21-8-5-9-24-15(3)10-14(2)23-24/h6-7,10-11H,5,8-9,12H2,1-4H3,(H2,20,21,22). The normalized spacial score (nSPS) is 11.6. The van der Waals surface area contributed by atoms with Gasteiger partial charge in [0.25, 0.3) is 0 Å². The fourth-order valence-corrected chi connectivity index (χ4v) is 2.49. The quantitative estimate of drug-likeness (QED) is 0.486. The third kappa shape index (κ3) is 5.08. The fraction of sp³-hybridized carbons (Fsp3) is 0.444. The Kier molecular flexibility index (Phi) is 6.35. The zero-order chi connectivity index (χ0) is 17.5. The molecule has 130 valence electrons. The largest absolute Gasteiger partial charge is 0.356 e. The second kappa shape index (κ2) is 8.47. The molecule has 0 radical (unpaired) electrons. The highest BCUT2D eigenvalue weighted by Crippen LogP contribution is 2.08. The second-order valence-corrected chi connectivity index (χ2v) is 5.94. The predicted molar refractivity (Wildman–Crippen MR) is 95.7 cm³/mol. The van der Waals surface area contributed by atoms with E-state index in [0.717, 1.165) is 30.8 Å². The van der Waals surface area contributed by atoms with Gasteiger partial charge in [-0.25, -0.2) is 4.39 Å². The van der Waals surface area contributed by atoms with E-state index in [1.807, 2.05) is 17.7 Å². The number of hydrogen-bond donors (Lipinski definition) is 2. The van der Waals surface area contributed by atoms with E-state index in [1.54, 1.807) is 26.1 Å². The third-order valence-electron chi connectivity index (χ3n) is 3.86. The summed E-state index contributed by atoms with van der Waals surface area (Å²) in [5.41, 5.74) is 3.77. The zero-order valence-electron chi connectivity index (χ0n) is 14.9. The van der Waals surface area contributed by atoms with E-state index in [-0.39, 0.29) is 5.82 Å². The molecule has 2 aromatic rings. The molecule has 2 N–H and O–H groups in total. The van der Waals surface area contributed by atoms with Gasteiger partial charge < -0.3 is 10.6 Å². The predicted octanol–water partition coefficient (Wildman–Crippen LogP) is 2.70. The summed E-state index contributed by atoms with van der Waals surface area (Å²) in [6.45, 7) is 8.02. The van der Waals surface area contributed by atoms with Crippen LogP contribution in [0.15, 0.2) is 29.3 Å². The van der Waals surface area contributed by atoms with Crippen molar-refractivity contribution in [2.24, 2.45) is 4.99 Å². The fourth-order valence-electron chi connectivity index (χ4n) is 2.49. The number of guanidine groups is 1. The molecule has 2 rings (SSSR count). The van der Waals surface area contributed by atoms with Crippen LogP contribution >= 0.6 is 0 Å². The number of nitrogens with zero attached hydrogens (tertiary/aromatic N) is 3. The lowest BCUT2D eigenvalue weighted by atomic mass is 10.1. The molecule has 24 heavy (non-hydrogen) atoms. The average Bonchev–Trinajstić information content (AvgIpc) is 2.87. The minimum absolute atomic E-state index is 0.179. The molecule has 0 aliphatic carbocycles. The molecule has 0 amide bonds. The maximum atomic E-state index is 13.5. The molecular weight excluding hydrogens is 305 g/mol. The van der Waals surface area contributed by atoms with Crippen molar-refractivity contribution in [1.29, 1.82) is 0 Å². The van der Waals surface area contributed by atoms with Gasteiger partial charge in [-0.1, -0.05) is 12.1 Å². The number of benzene rings is 1. The third-order valence-corrected chi connectivity index (χ3v) is 3.86. The van der Waals surface area contributed by atoms with Crippen LogP contribution in [0.4, 0.5) is 4.39 Å². The first kappa shape index (κ1) is 18.0. The van der Waals surface area contributed by atoms with E-state index in [2.05, 4.69) is 33.7 Å². The van der Waals surface area contributed by atoms with Crippen molar-refractivity contribution < 1.29 is 4.39 Å². The molecule has 0 unspecified atom stereocenters. The van der Waals surface area contributed by atoms with Crippen LogP contribution in [0.1, 0.15) is 28.9 Å². The summed E-state index contributed by atoms with van der Waals surface area (Å²) in [6, 6.07) is 7.34. The first-order chi connectivity index (χ1) is 11.5. The van der Waals surface area contributed by atoms with Gasteiger partial charge in [0.15, 0.2) is 5.96 Å². The highest BCUT2D eigenvalue weighted by atomic mass is 19.1. The number of halogens is 1. The molecule has 0 spiro atoms. The van der Waals surface area contributed by atoms with Crippen molar-refractivity contribution in [3.05, 3.63) is 52.6 Å². The van der Waals surface area contributed by atoms with Crippen LogP contribution in [0.3, 0.4) is 0 Å². The summed E-state index contributed by atoms with van der Waals surface area (Å²) in [5, 5.41) is 10.9. The van der Waals surface area contributed by atoms with Crippen LogP contribution in [0.25, 0.3) is 0 Å². The second-order valence-electron chi connectivity index (χ2n) is 5.94. The van der Waals surface area contributed by atoms with Crippen molar-refractivity contribution in [2.45, 2.75) is 40.3 Å². The van der Waals surface area contributed by atoms with E-state index in [4.69, 9.17) is 0 Å². The number of hydrogen-bond acceptors (Lipinski definition) is 2. The Morgan fingerprint density at radius 3 is 2.62 bits per heavy atom. The van der Waals surface area contributed by atoms with Gasteiger partial charge in [-0.05, 0) is 50.5 Å². The maximum Gasteiger partial charge on any atom is 0.191 e. The molecular formula is C18H26FN5. The Morgan fingerprint density at radius 2 is 2.00 bits per heavy atom. The lowest BCUT2D eigenvalue weighted by molar-refractivity contribution is 0.555. The van der Waals surface area contributed by atoms with Crippen molar-refractivity contribution in [3.8, 4) is 0 Å². The van der Waals surface area contributed by atoms with E-state index in [0.29, 0.717) is 18.1 Å². The van der Waals surface area contributed by atoms with E-state index >= 15 is 0 Å². The van der Waals surface area contributed by atoms with Crippen LogP contribution in [-0.2, 0) is 13.1 Å². The van der Waals surface area contributed by atoms with Gasteiger partial charge in [0.05, 0.1) is 5.69 Å². The molecule has 1 aromatic carbocycles. The topological polar surface area (TPSA) is 54.2 Å². The highest BCUT2D eigenvalue weighted by molar-refractivity contribution is 5.79. The molecule has 0 bridgehead atoms. The lowest BCUT2D eigenvalue weighted by Gasteiger charge is -2.12. The van der Waals surface area contributed by atoms with Gasteiger partial charge in [0.2, 0.25) is 0 Å². The molecule has 0 fully saturated rings. The Labute approximate surface area is 143 Å². The molecule has 1 aromatic heterocycles. The molecule has 0 saturated carbocycles. The number of aromatic nitrogens is 2. The molecule has 5 nitrogen and oxygen atoms in total. The number of nitrogens with one attached hydrogen (secondary N) is 2. The van der Waals surface area contributed by atoms with Crippen molar-refractivity contribution >= 4 is 5.96 Å². The Bertz CT molecular complexity index is 705. The number of aliphatic imine (C=N–C) groups is 1. The Morgan fingerprint density at radius 1 is 1.21 bits per heavy atom. The number of aryl methyl sites for hydroxylation is 4. The summed E-state index contributed by atoms with van der Waals surface area (Å²) in [6.07, 6.45) is 0.946. The van der Waals surface area contributed by atoms with Gasteiger partial charge in [0.1, 0.15) is 5.82 Å². The molecule has 0 aliphatic rings. The van der Waals surface area contributed by atoms with E-state index < -0.39 is 0 Å². The molecule has 0 atom stereocenters. The van der Waals surface area contributed by atoms with Crippen LogP contribution in [0, 0.1) is 26.6 Å². The minimum atomic E-state index is -0.179. The number of rotatable bonds is 6. The smallest absolute Gasteiger partial charge is 0.191 e. The summed E-state index contributed by atoms with van der Waals surface area (Å²) >= 11 is 0. The summed E-state index contributed by atoms with van der Waals surface area (Å²) in [7, 11) is 1.73. The van der Waals surface area contributed by atoms with Crippen LogP contribution in [-0.4, -0.2) is 29.3 Å². The summed E-state index contributed by atoms with van der Waals surface area (Å²) in [5.74, 6) is 0.534. The lowest BCUT2D eigenvalue weighted by Crippen LogP contribution is -2.37. The van der Waals surface area contributed by atoms with Crippen LogP contribution in [0.5, 0.6) is 0 Å². The Hall–Kier alpha value is -2.37. The van der Waals surface area contributed by atoms with Crippen molar-refractivity contribution in [3.63, 3.8) is 0 Å². The maximum absolute atomic E-state index is 13.5.